The van der Waals surface area contributed by atoms with Crippen LogP contribution in [0.25, 0.3) is 6.08 Å². The topological polar surface area (TPSA) is 123 Å². The molecule has 3 aromatic carbocycles. The van der Waals surface area contributed by atoms with Crippen LogP contribution >= 0.6 is 23.2 Å². The van der Waals surface area contributed by atoms with Gasteiger partial charge in [-0.05, 0) is 79.6 Å². The number of urea groups is 1. The molecule has 3 aromatic rings. The molecule has 1 fully saturated rings. The molecule has 0 radical (unpaired) electrons. The third-order valence-electron chi connectivity index (χ3n) is 5.87. The van der Waals surface area contributed by atoms with E-state index in [1.54, 1.807) is 30.3 Å². The molecule has 0 aliphatic carbocycles. The summed E-state index contributed by atoms with van der Waals surface area (Å²) in [6, 6.07) is 13.4. The highest BCUT2D eigenvalue weighted by Crippen LogP contribution is 2.37. The summed E-state index contributed by atoms with van der Waals surface area (Å²) in [5.74, 6) is -1.36. The molecule has 12 heteroatoms. The van der Waals surface area contributed by atoms with Crippen molar-refractivity contribution >= 4 is 64.4 Å². The molecule has 0 atom stereocenters. The first-order valence-electron chi connectivity index (χ1n) is 12.3. The molecule has 0 aromatic heterocycles. The number of nitrogens with zero attached hydrogens (tertiary/aromatic N) is 1. The van der Waals surface area contributed by atoms with Gasteiger partial charge in [-0.1, -0.05) is 29.3 Å². The fourth-order valence-corrected chi connectivity index (χ4v) is 4.34. The Labute approximate surface area is 245 Å². The van der Waals surface area contributed by atoms with Gasteiger partial charge < -0.3 is 19.5 Å². The molecule has 212 valence electrons. The van der Waals surface area contributed by atoms with Gasteiger partial charge in [0.15, 0.2) is 18.1 Å². The van der Waals surface area contributed by atoms with Crippen molar-refractivity contribution in [3.05, 3.63) is 81.3 Å². The smallest absolute Gasteiger partial charge is 0.335 e. The number of rotatable bonds is 9. The van der Waals surface area contributed by atoms with Crippen LogP contribution in [-0.4, -0.2) is 44.1 Å². The number of nitrogens with one attached hydrogen (secondary N) is 2. The molecule has 10 nitrogen and oxygen atoms in total. The predicted octanol–water partition coefficient (Wildman–Crippen LogP) is 5.39. The summed E-state index contributed by atoms with van der Waals surface area (Å²) in [5.41, 5.74) is 1.64. The SMILES string of the molecule is CCOc1ccc(N2C(=O)NC(=O)/C(=C\c3cc(Cl)c(OCC(=O)Nc4ccc(C)c(Cl)c4)c(OC)c3)C2=O)cc1. The Kier molecular flexibility index (Phi) is 9.16. The average molecular weight is 598 g/mol. The Balaban J connectivity index is 1.53. The maximum atomic E-state index is 13.2. The Morgan fingerprint density at radius 3 is 2.39 bits per heavy atom. The number of methoxy groups -OCH3 is 1. The maximum absolute atomic E-state index is 13.2. The van der Waals surface area contributed by atoms with Crippen molar-refractivity contribution in [3.63, 3.8) is 0 Å². The lowest BCUT2D eigenvalue weighted by Crippen LogP contribution is -2.54. The van der Waals surface area contributed by atoms with Gasteiger partial charge in [0.1, 0.15) is 11.3 Å². The van der Waals surface area contributed by atoms with Gasteiger partial charge in [-0.3, -0.25) is 19.7 Å². The number of halogens is 2. The molecule has 1 aliphatic heterocycles. The molecule has 5 amide bonds. The Hall–Kier alpha value is -4.54. The summed E-state index contributed by atoms with van der Waals surface area (Å²) >= 11 is 12.5. The number of amides is 5. The molecule has 0 unspecified atom stereocenters. The van der Waals surface area contributed by atoms with Crippen molar-refractivity contribution in [2.75, 3.05) is 30.5 Å². The van der Waals surface area contributed by atoms with Gasteiger partial charge in [0.25, 0.3) is 17.7 Å². The number of imide groups is 2. The van der Waals surface area contributed by atoms with Gasteiger partial charge in [0.05, 0.1) is 24.4 Å². The highest BCUT2D eigenvalue weighted by molar-refractivity contribution is 6.39. The van der Waals surface area contributed by atoms with E-state index in [0.717, 1.165) is 10.5 Å². The van der Waals surface area contributed by atoms with E-state index in [1.807, 2.05) is 13.8 Å². The lowest BCUT2D eigenvalue weighted by Gasteiger charge is -2.26. The minimum Gasteiger partial charge on any atom is -0.494 e. The van der Waals surface area contributed by atoms with Crippen LogP contribution in [0.1, 0.15) is 18.1 Å². The van der Waals surface area contributed by atoms with Crippen LogP contribution in [0.15, 0.2) is 60.2 Å². The number of ether oxygens (including phenoxy) is 3. The predicted molar refractivity (Wildman–Crippen MR) is 155 cm³/mol. The van der Waals surface area contributed by atoms with E-state index in [2.05, 4.69) is 10.6 Å². The number of hydrogen-bond acceptors (Lipinski definition) is 7. The van der Waals surface area contributed by atoms with Crippen molar-refractivity contribution in [2.45, 2.75) is 13.8 Å². The minimum absolute atomic E-state index is 0.0606. The summed E-state index contributed by atoms with van der Waals surface area (Å²) in [6.07, 6.45) is 1.28. The highest BCUT2D eigenvalue weighted by atomic mass is 35.5. The maximum Gasteiger partial charge on any atom is 0.335 e. The number of aryl methyl sites for hydroxylation is 1. The third-order valence-corrected chi connectivity index (χ3v) is 6.56. The molecule has 41 heavy (non-hydrogen) atoms. The minimum atomic E-state index is -0.883. The third kappa shape index (κ3) is 6.79. The Bertz CT molecular complexity index is 1550. The van der Waals surface area contributed by atoms with Crippen molar-refractivity contribution in [3.8, 4) is 17.2 Å². The zero-order valence-corrected chi connectivity index (χ0v) is 23.8. The fraction of sp³-hybridized carbons (Fsp3) is 0.172. The van der Waals surface area contributed by atoms with Crippen molar-refractivity contribution in [2.24, 2.45) is 0 Å². The van der Waals surface area contributed by atoms with E-state index in [9.17, 15) is 19.2 Å². The monoisotopic (exact) mass is 597 g/mol. The molecule has 0 saturated carbocycles. The van der Waals surface area contributed by atoms with Gasteiger partial charge in [-0.2, -0.15) is 0 Å². The molecule has 2 N–H and O–H groups in total. The number of benzene rings is 3. The van der Waals surface area contributed by atoms with E-state index in [-0.39, 0.29) is 34.4 Å². The quantitative estimate of drug-likeness (QED) is 0.250. The van der Waals surface area contributed by atoms with Crippen LogP contribution in [-0.2, 0) is 14.4 Å². The molecule has 4 rings (SSSR count). The van der Waals surface area contributed by atoms with E-state index >= 15 is 0 Å². The van der Waals surface area contributed by atoms with Gasteiger partial charge >= 0.3 is 6.03 Å². The van der Waals surface area contributed by atoms with Crippen LogP contribution in [0.3, 0.4) is 0 Å². The van der Waals surface area contributed by atoms with Crippen molar-refractivity contribution in [1.82, 2.24) is 5.32 Å². The van der Waals surface area contributed by atoms with Crippen molar-refractivity contribution in [1.29, 1.82) is 0 Å². The second-order valence-corrected chi connectivity index (χ2v) is 9.53. The summed E-state index contributed by atoms with van der Waals surface area (Å²) in [7, 11) is 1.37. The average Bonchev–Trinajstić information content (AvgIpc) is 2.93. The van der Waals surface area contributed by atoms with Crippen LogP contribution in [0, 0.1) is 6.92 Å². The van der Waals surface area contributed by atoms with Crippen LogP contribution in [0.5, 0.6) is 17.2 Å². The number of anilines is 2. The number of barbiturate groups is 1. The van der Waals surface area contributed by atoms with Gasteiger partial charge in [-0.25, -0.2) is 9.69 Å². The van der Waals surface area contributed by atoms with Gasteiger partial charge in [-0.15, -0.1) is 0 Å². The van der Waals surface area contributed by atoms with E-state index in [0.29, 0.717) is 28.6 Å². The van der Waals surface area contributed by atoms with Gasteiger partial charge in [0.2, 0.25) is 0 Å². The van der Waals surface area contributed by atoms with Crippen LogP contribution in [0.2, 0.25) is 10.0 Å². The Morgan fingerprint density at radius 1 is 1.00 bits per heavy atom. The Morgan fingerprint density at radius 2 is 1.73 bits per heavy atom. The zero-order valence-electron chi connectivity index (χ0n) is 22.2. The first-order chi connectivity index (χ1) is 19.6. The normalized spacial score (nSPS) is 14.1. The summed E-state index contributed by atoms with van der Waals surface area (Å²) in [4.78, 5) is 51.6. The molecule has 0 bridgehead atoms. The summed E-state index contributed by atoms with van der Waals surface area (Å²) < 4.78 is 16.4. The highest BCUT2D eigenvalue weighted by Gasteiger charge is 2.37. The number of hydrogen-bond donors (Lipinski definition) is 2. The van der Waals surface area contributed by atoms with Crippen LogP contribution in [0.4, 0.5) is 16.2 Å². The zero-order chi connectivity index (χ0) is 29.7. The summed E-state index contributed by atoms with van der Waals surface area (Å²) in [6.45, 7) is 3.74. The number of carbonyl (C=O) groups excluding carboxylic acids is 4. The second kappa shape index (κ2) is 12.8. The lowest BCUT2D eigenvalue weighted by molar-refractivity contribution is -0.122. The van der Waals surface area contributed by atoms with E-state index in [4.69, 9.17) is 37.4 Å². The fourth-order valence-electron chi connectivity index (χ4n) is 3.89. The lowest BCUT2D eigenvalue weighted by atomic mass is 10.1. The van der Waals surface area contributed by atoms with Crippen LogP contribution < -0.4 is 29.7 Å². The van der Waals surface area contributed by atoms with E-state index in [1.165, 1.54) is 37.5 Å². The van der Waals surface area contributed by atoms with Gasteiger partial charge in [0, 0.05) is 10.7 Å². The van der Waals surface area contributed by atoms with E-state index < -0.39 is 23.8 Å². The second-order valence-electron chi connectivity index (χ2n) is 8.72. The first kappa shape index (κ1) is 29.4. The standard InChI is InChI=1S/C29H25Cl2N3O7/c1-4-40-20-9-7-19(8-10-20)34-28(37)21(27(36)33-29(34)38)11-17-12-23(31)26(24(13-17)39-3)41-15-25(35)32-18-6-5-16(2)22(30)14-18/h5-14H,4,15H2,1-3H3,(H,32,35)(H,33,36,38)/b21-11+. The summed E-state index contributed by atoms with van der Waals surface area (Å²) in [5, 5.41) is 5.42. The molecule has 0 spiro atoms. The number of carbonyl (C=O) groups is 4. The molecular formula is C29H25Cl2N3O7. The molecule has 1 aliphatic rings. The first-order valence-corrected chi connectivity index (χ1v) is 13.1. The largest absolute Gasteiger partial charge is 0.494 e. The van der Waals surface area contributed by atoms with Crippen molar-refractivity contribution < 1.29 is 33.4 Å². The molecule has 1 saturated heterocycles. The molecular weight excluding hydrogens is 573 g/mol. The molecule has 1 heterocycles.